The molecule has 9 heteroatoms. The van der Waals surface area contributed by atoms with Crippen LogP contribution in [-0.2, 0) is 28.9 Å². The maximum absolute atomic E-state index is 12.8. The Morgan fingerprint density at radius 3 is 1.85 bits per heavy atom. The van der Waals surface area contributed by atoms with Crippen LogP contribution in [0.4, 0.5) is 0 Å². The molecule has 1 N–H and O–H groups in total. The first-order chi connectivity index (χ1) is 15.3. The van der Waals surface area contributed by atoms with Gasteiger partial charge in [0, 0.05) is 0 Å². The van der Waals surface area contributed by atoms with Gasteiger partial charge in [-0.25, -0.2) is 8.42 Å². The second-order valence-electron chi connectivity index (χ2n) is 9.07. The molecule has 0 saturated carbocycles. The van der Waals surface area contributed by atoms with Crippen molar-refractivity contribution in [1.29, 1.82) is 0 Å². The minimum Gasteiger partial charge on any atom is -0.459 e. The van der Waals surface area contributed by atoms with E-state index in [0.717, 1.165) is 0 Å². The molecule has 2 aromatic rings. The molecule has 0 atom stereocenters. The summed E-state index contributed by atoms with van der Waals surface area (Å²) in [5, 5.41) is 2.64. The number of hydrogen-bond donors (Lipinski definition) is 1. The van der Waals surface area contributed by atoms with Crippen LogP contribution in [0.5, 0.6) is 11.5 Å². The Morgan fingerprint density at radius 2 is 1.30 bits per heavy atom. The van der Waals surface area contributed by atoms with E-state index in [1.165, 1.54) is 26.0 Å². The summed E-state index contributed by atoms with van der Waals surface area (Å²) < 4.78 is 41.8. The molecule has 0 heterocycles. The maximum Gasteiger partial charge on any atom is 0.320 e. The number of benzene rings is 2. The standard InChI is InChI=1S/C24H31NO7S/c1-23(2,3)31-21(26)15-25-16-22(27)32-24(4,5)17-33(28,29)20-13-11-19(12-14-20)30-18-9-7-6-8-10-18/h6-14,25H,15-17H2,1-5H3. The largest absolute Gasteiger partial charge is 0.459 e. The van der Waals surface area contributed by atoms with Crippen LogP contribution < -0.4 is 10.1 Å². The van der Waals surface area contributed by atoms with Crippen LogP contribution in [-0.4, -0.2) is 50.4 Å². The van der Waals surface area contributed by atoms with E-state index >= 15 is 0 Å². The molecule has 0 fully saturated rings. The molecule has 0 unspecified atom stereocenters. The number of esters is 2. The van der Waals surface area contributed by atoms with Gasteiger partial charge in [0.25, 0.3) is 0 Å². The molecule has 2 aromatic carbocycles. The van der Waals surface area contributed by atoms with Crippen LogP contribution in [0.25, 0.3) is 0 Å². The third-order valence-electron chi connectivity index (χ3n) is 4.05. The molecule has 2 rings (SSSR count). The van der Waals surface area contributed by atoms with Crippen LogP contribution >= 0.6 is 0 Å². The van der Waals surface area contributed by atoms with Crippen LogP contribution in [0.15, 0.2) is 59.5 Å². The maximum atomic E-state index is 12.8. The van der Waals surface area contributed by atoms with E-state index in [1.807, 2.05) is 18.2 Å². The Bertz CT molecular complexity index is 1040. The summed E-state index contributed by atoms with van der Waals surface area (Å²) >= 11 is 0. The highest BCUT2D eigenvalue weighted by Crippen LogP contribution is 2.25. The molecule has 0 aliphatic rings. The van der Waals surface area contributed by atoms with Crippen molar-refractivity contribution >= 4 is 21.8 Å². The molecule has 180 valence electrons. The summed E-state index contributed by atoms with van der Waals surface area (Å²) in [4.78, 5) is 23.9. The van der Waals surface area contributed by atoms with Crippen LogP contribution in [0.3, 0.4) is 0 Å². The first-order valence-corrected chi connectivity index (χ1v) is 12.1. The summed E-state index contributed by atoms with van der Waals surface area (Å²) in [5.41, 5.74) is -1.90. The molecular formula is C24H31NO7S. The van der Waals surface area contributed by atoms with Crippen molar-refractivity contribution in [1.82, 2.24) is 5.32 Å². The average Bonchev–Trinajstić information content (AvgIpc) is 2.66. The van der Waals surface area contributed by atoms with Gasteiger partial charge in [0.1, 0.15) is 22.7 Å². The van der Waals surface area contributed by atoms with Gasteiger partial charge in [-0.05, 0) is 71.0 Å². The van der Waals surface area contributed by atoms with Crippen molar-refractivity contribution in [2.45, 2.75) is 50.7 Å². The number of carbonyl (C=O) groups is 2. The normalized spacial score (nSPS) is 12.2. The molecule has 0 aliphatic heterocycles. The third kappa shape index (κ3) is 9.63. The summed E-state index contributed by atoms with van der Waals surface area (Å²) in [6.45, 7) is 7.84. The molecule has 33 heavy (non-hydrogen) atoms. The van der Waals surface area contributed by atoms with E-state index in [4.69, 9.17) is 14.2 Å². The predicted octanol–water partition coefficient (Wildman–Crippen LogP) is 3.51. The number of rotatable bonds is 10. The number of ether oxygens (including phenoxy) is 3. The number of carbonyl (C=O) groups excluding carboxylic acids is 2. The van der Waals surface area contributed by atoms with Gasteiger partial charge in [-0.15, -0.1) is 0 Å². The molecular weight excluding hydrogens is 446 g/mol. The Hall–Kier alpha value is -2.91. The van der Waals surface area contributed by atoms with Crippen LogP contribution in [0, 0.1) is 0 Å². The number of hydrogen-bond acceptors (Lipinski definition) is 8. The number of nitrogens with one attached hydrogen (secondary N) is 1. The smallest absolute Gasteiger partial charge is 0.320 e. The lowest BCUT2D eigenvalue weighted by Gasteiger charge is -2.25. The first kappa shape index (κ1) is 26.3. The minimum atomic E-state index is -3.73. The zero-order valence-corrected chi connectivity index (χ0v) is 20.4. The molecule has 0 spiro atoms. The van der Waals surface area contributed by atoms with Gasteiger partial charge in [0.15, 0.2) is 9.84 Å². The highest BCUT2D eigenvalue weighted by molar-refractivity contribution is 7.91. The van der Waals surface area contributed by atoms with Gasteiger partial charge in [0.05, 0.1) is 23.7 Å². The quantitative estimate of drug-likeness (QED) is 0.518. The van der Waals surface area contributed by atoms with E-state index in [1.54, 1.807) is 45.0 Å². The highest BCUT2D eigenvalue weighted by atomic mass is 32.2. The van der Waals surface area contributed by atoms with Gasteiger partial charge in [-0.3, -0.25) is 14.9 Å². The van der Waals surface area contributed by atoms with Crippen molar-refractivity contribution in [3.63, 3.8) is 0 Å². The van der Waals surface area contributed by atoms with E-state index in [2.05, 4.69) is 5.32 Å². The molecule has 0 radical (unpaired) electrons. The third-order valence-corrected chi connectivity index (χ3v) is 6.11. The highest BCUT2D eigenvalue weighted by Gasteiger charge is 2.31. The lowest BCUT2D eigenvalue weighted by molar-refractivity contribution is -0.155. The van der Waals surface area contributed by atoms with E-state index in [0.29, 0.717) is 11.5 Å². The van der Waals surface area contributed by atoms with Crippen molar-refractivity contribution in [2.75, 3.05) is 18.8 Å². The second kappa shape index (κ2) is 10.8. The molecule has 0 aliphatic carbocycles. The summed E-state index contributed by atoms with van der Waals surface area (Å²) in [7, 11) is -3.73. The Kier molecular flexibility index (Phi) is 8.63. The zero-order chi connectivity index (χ0) is 24.7. The monoisotopic (exact) mass is 477 g/mol. The van der Waals surface area contributed by atoms with Crippen LogP contribution in [0.2, 0.25) is 0 Å². The Morgan fingerprint density at radius 1 is 0.788 bits per heavy atom. The average molecular weight is 478 g/mol. The fourth-order valence-electron chi connectivity index (χ4n) is 2.90. The SMILES string of the molecule is CC(C)(C)OC(=O)CNCC(=O)OC(C)(C)CS(=O)(=O)c1ccc(Oc2ccccc2)cc1. The second-order valence-corrected chi connectivity index (χ2v) is 11.1. The van der Waals surface area contributed by atoms with Gasteiger partial charge in [-0.1, -0.05) is 18.2 Å². The fourth-order valence-corrected chi connectivity index (χ4v) is 4.59. The lowest BCUT2D eigenvalue weighted by atomic mass is 10.2. The van der Waals surface area contributed by atoms with E-state index < -0.39 is 38.7 Å². The van der Waals surface area contributed by atoms with Gasteiger partial charge in [0.2, 0.25) is 0 Å². The Labute approximate surface area is 195 Å². The molecule has 0 aromatic heterocycles. The number of para-hydroxylation sites is 1. The summed E-state index contributed by atoms with van der Waals surface area (Å²) in [6, 6.07) is 15.2. The van der Waals surface area contributed by atoms with Crippen molar-refractivity contribution < 1.29 is 32.2 Å². The van der Waals surface area contributed by atoms with E-state index in [-0.39, 0.29) is 18.0 Å². The van der Waals surface area contributed by atoms with Crippen molar-refractivity contribution in [3.8, 4) is 11.5 Å². The van der Waals surface area contributed by atoms with Crippen molar-refractivity contribution in [2.24, 2.45) is 0 Å². The molecule has 8 nitrogen and oxygen atoms in total. The first-order valence-electron chi connectivity index (χ1n) is 10.5. The Balaban J connectivity index is 1.89. The summed E-state index contributed by atoms with van der Waals surface area (Å²) in [6.07, 6.45) is 0. The predicted molar refractivity (Wildman–Crippen MR) is 124 cm³/mol. The minimum absolute atomic E-state index is 0.0927. The molecule has 0 amide bonds. The topological polar surface area (TPSA) is 108 Å². The fraction of sp³-hybridized carbons (Fsp3) is 0.417. The van der Waals surface area contributed by atoms with Crippen molar-refractivity contribution in [3.05, 3.63) is 54.6 Å². The summed E-state index contributed by atoms with van der Waals surface area (Å²) in [5.74, 6) is -0.443. The lowest BCUT2D eigenvalue weighted by Crippen LogP contribution is -2.40. The van der Waals surface area contributed by atoms with Gasteiger partial charge < -0.3 is 14.2 Å². The van der Waals surface area contributed by atoms with Gasteiger partial charge in [-0.2, -0.15) is 0 Å². The zero-order valence-electron chi connectivity index (χ0n) is 19.6. The number of sulfone groups is 1. The molecule has 0 bridgehead atoms. The molecule has 0 saturated heterocycles. The van der Waals surface area contributed by atoms with Gasteiger partial charge >= 0.3 is 11.9 Å². The van der Waals surface area contributed by atoms with Crippen LogP contribution in [0.1, 0.15) is 34.6 Å². The van der Waals surface area contributed by atoms with E-state index in [9.17, 15) is 18.0 Å².